The Balaban J connectivity index is 2.21. The van der Waals surface area contributed by atoms with E-state index in [9.17, 15) is 9.90 Å². The Morgan fingerprint density at radius 1 is 1.33 bits per heavy atom. The second-order valence-electron chi connectivity index (χ2n) is 5.13. The summed E-state index contributed by atoms with van der Waals surface area (Å²) in [7, 11) is 0. The van der Waals surface area contributed by atoms with Crippen molar-refractivity contribution in [3.63, 3.8) is 0 Å². The number of aliphatic carboxylic acids is 1. The van der Waals surface area contributed by atoms with Gasteiger partial charge in [0.15, 0.2) is 0 Å². The summed E-state index contributed by atoms with van der Waals surface area (Å²) in [5.41, 5.74) is -0.746. The Kier molecular flexibility index (Phi) is 2.51. The molecule has 0 amide bonds. The van der Waals surface area contributed by atoms with Gasteiger partial charge in [-0.1, -0.05) is 0 Å². The highest BCUT2D eigenvalue weighted by Gasteiger charge is 2.53. The Bertz CT molecular complexity index is 274. The summed E-state index contributed by atoms with van der Waals surface area (Å²) >= 11 is 0. The fourth-order valence-corrected chi connectivity index (χ4v) is 2.87. The summed E-state index contributed by atoms with van der Waals surface area (Å²) in [6.07, 6.45) is 2.01. The molecule has 2 unspecified atom stereocenters. The molecule has 1 N–H and O–H groups in total. The monoisotopic (exact) mass is 214 g/mol. The highest BCUT2D eigenvalue weighted by Crippen LogP contribution is 2.45. The van der Waals surface area contributed by atoms with Crippen molar-refractivity contribution in [1.29, 1.82) is 0 Å². The van der Waals surface area contributed by atoms with Gasteiger partial charge in [0, 0.05) is 19.4 Å². The van der Waals surface area contributed by atoms with Crippen LogP contribution in [0.4, 0.5) is 0 Å². The van der Waals surface area contributed by atoms with Gasteiger partial charge in [0.05, 0.1) is 23.7 Å². The summed E-state index contributed by atoms with van der Waals surface area (Å²) in [5.74, 6) is -1.09. The molecule has 1 spiro atoms. The quantitative estimate of drug-likeness (QED) is 0.717. The van der Waals surface area contributed by atoms with Crippen LogP contribution >= 0.6 is 0 Å². The summed E-state index contributed by atoms with van der Waals surface area (Å²) < 4.78 is 11.3. The van der Waals surface area contributed by atoms with Crippen LogP contribution in [0.3, 0.4) is 0 Å². The molecule has 0 aromatic heterocycles. The highest BCUT2D eigenvalue weighted by atomic mass is 16.5. The Labute approximate surface area is 89.6 Å². The second kappa shape index (κ2) is 3.46. The molecule has 15 heavy (non-hydrogen) atoms. The molecule has 2 fully saturated rings. The molecule has 2 rings (SSSR count). The van der Waals surface area contributed by atoms with Gasteiger partial charge in [-0.2, -0.15) is 0 Å². The molecule has 86 valence electrons. The van der Waals surface area contributed by atoms with Gasteiger partial charge in [-0.25, -0.2) is 0 Å². The molecule has 2 aliphatic rings. The van der Waals surface area contributed by atoms with E-state index in [1.165, 1.54) is 0 Å². The molecule has 2 heterocycles. The first-order valence-electron chi connectivity index (χ1n) is 5.46. The van der Waals surface area contributed by atoms with Crippen molar-refractivity contribution in [2.45, 2.75) is 44.3 Å². The van der Waals surface area contributed by atoms with Crippen LogP contribution in [0.2, 0.25) is 0 Å². The SMILES string of the molecule is CC1(C)CC2(CCO1)OCCC2C(=O)O. The number of hydrogen-bond donors (Lipinski definition) is 1. The van der Waals surface area contributed by atoms with Crippen LogP contribution < -0.4 is 0 Å². The first-order valence-corrected chi connectivity index (χ1v) is 5.46. The molecule has 4 heteroatoms. The zero-order valence-corrected chi connectivity index (χ0v) is 9.28. The van der Waals surface area contributed by atoms with Gasteiger partial charge >= 0.3 is 5.97 Å². The Morgan fingerprint density at radius 3 is 2.67 bits per heavy atom. The third kappa shape index (κ3) is 1.88. The lowest BCUT2D eigenvalue weighted by molar-refractivity contribution is -0.176. The number of carbonyl (C=O) groups is 1. The van der Waals surface area contributed by atoms with E-state index < -0.39 is 11.6 Å². The molecular weight excluding hydrogens is 196 g/mol. The summed E-state index contributed by atoms with van der Waals surface area (Å²) in [4.78, 5) is 11.2. The molecule has 0 radical (unpaired) electrons. The summed E-state index contributed by atoms with van der Waals surface area (Å²) in [6.45, 7) is 5.15. The minimum Gasteiger partial charge on any atom is -0.481 e. The standard InChI is InChI=1S/C11H18O4/c1-10(2)7-11(4-6-14-10)8(9(12)13)3-5-15-11/h8H,3-7H2,1-2H3,(H,12,13). The molecule has 0 saturated carbocycles. The summed E-state index contributed by atoms with van der Waals surface area (Å²) in [6, 6.07) is 0. The minimum atomic E-state index is -0.731. The van der Waals surface area contributed by atoms with Gasteiger partial charge in [-0.3, -0.25) is 4.79 Å². The third-order valence-electron chi connectivity index (χ3n) is 3.47. The van der Waals surface area contributed by atoms with Crippen molar-refractivity contribution in [2.75, 3.05) is 13.2 Å². The van der Waals surface area contributed by atoms with Gasteiger partial charge in [0.1, 0.15) is 0 Å². The average Bonchev–Trinajstić information content (AvgIpc) is 2.45. The van der Waals surface area contributed by atoms with Crippen LogP contribution in [-0.4, -0.2) is 35.5 Å². The van der Waals surface area contributed by atoms with E-state index in [1.54, 1.807) is 0 Å². The zero-order valence-electron chi connectivity index (χ0n) is 9.28. The first kappa shape index (κ1) is 10.9. The van der Waals surface area contributed by atoms with Crippen molar-refractivity contribution in [3.8, 4) is 0 Å². The van der Waals surface area contributed by atoms with E-state index in [4.69, 9.17) is 9.47 Å². The predicted octanol–water partition coefficient (Wildman–Crippen LogP) is 1.44. The predicted molar refractivity (Wildman–Crippen MR) is 53.7 cm³/mol. The van der Waals surface area contributed by atoms with E-state index in [1.807, 2.05) is 13.8 Å². The maximum Gasteiger partial charge on any atom is 0.309 e. The smallest absolute Gasteiger partial charge is 0.309 e. The molecule has 0 bridgehead atoms. The second-order valence-corrected chi connectivity index (χ2v) is 5.13. The molecular formula is C11H18O4. The van der Waals surface area contributed by atoms with Crippen molar-refractivity contribution >= 4 is 5.97 Å². The van der Waals surface area contributed by atoms with Crippen LogP contribution in [0, 0.1) is 5.92 Å². The lowest BCUT2D eigenvalue weighted by atomic mass is 9.76. The fraction of sp³-hybridized carbons (Fsp3) is 0.909. The Morgan fingerprint density at radius 2 is 2.07 bits per heavy atom. The van der Waals surface area contributed by atoms with Crippen molar-refractivity contribution < 1.29 is 19.4 Å². The topological polar surface area (TPSA) is 55.8 Å². The van der Waals surface area contributed by atoms with E-state index in [2.05, 4.69) is 0 Å². The molecule has 2 atom stereocenters. The average molecular weight is 214 g/mol. The maximum absolute atomic E-state index is 11.2. The number of rotatable bonds is 1. The fourth-order valence-electron chi connectivity index (χ4n) is 2.87. The lowest BCUT2D eigenvalue weighted by Gasteiger charge is -2.43. The summed E-state index contributed by atoms with van der Waals surface area (Å²) in [5, 5.41) is 9.18. The van der Waals surface area contributed by atoms with Gasteiger partial charge in [0.2, 0.25) is 0 Å². The molecule has 2 saturated heterocycles. The van der Waals surface area contributed by atoms with Crippen molar-refractivity contribution in [3.05, 3.63) is 0 Å². The van der Waals surface area contributed by atoms with Gasteiger partial charge in [-0.05, 0) is 20.3 Å². The maximum atomic E-state index is 11.2. The van der Waals surface area contributed by atoms with Crippen LogP contribution in [-0.2, 0) is 14.3 Å². The number of carboxylic acids is 1. The van der Waals surface area contributed by atoms with Gasteiger partial charge < -0.3 is 14.6 Å². The van der Waals surface area contributed by atoms with Gasteiger partial charge in [0.25, 0.3) is 0 Å². The number of hydrogen-bond acceptors (Lipinski definition) is 3. The highest BCUT2D eigenvalue weighted by molar-refractivity contribution is 5.72. The molecule has 4 nitrogen and oxygen atoms in total. The zero-order chi connectivity index (χ0) is 11.1. The Hall–Kier alpha value is -0.610. The lowest BCUT2D eigenvalue weighted by Crippen LogP contribution is -2.50. The number of ether oxygens (including phenoxy) is 2. The van der Waals surface area contributed by atoms with E-state index in [0.29, 0.717) is 32.5 Å². The first-order chi connectivity index (χ1) is 6.95. The van der Waals surface area contributed by atoms with Crippen LogP contribution in [0.1, 0.15) is 33.1 Å². The minimum absolute atomic E-state index is 0.268. The van der Waals surface area contributed by atoms with Crippen LogP contribution in [0.5, 0.6) is 0 Å². The molecule has 0 aliphatic carbocycles. The van der Waals surface area contributed by atoms with E-state index in [-0.39, 0.29) is 11.5 Å². The van der Waals surface area contributed by atoms with Crippen LogP contribution in [0.15, 0.2) is 0 Å². The third-order valence-corrected chi connectivity index (χ3v) is 3.47. The normalized spacial score (nSPS) is 39.5. The van der Waals surface area contributed by atoms with E-state index in [0.717, 1.165) is 0 Å². The molecule has 0 aromatic rings. The van der Waals surface area contributed by atoms with E-state index >= 15 is 0 Å². The number of carboxylic acid groups (broad SMARTS) is 1. The molecule has 0 aromatic carbocycles. The van der Waals surface area contributed by atoms with Crippen molar-refractivity contribution in [2.24, 2.45) is 5.92 Å². The van der Waals surface area contributed by atoms with Crippen LogP contribution in [0.25, 0.3) is 0 Å². The largest absolute Gasteiger partial charge is 0.481 e. The van der Waals surface area contributed by atoms with Gasteiger partial charge in [-0.15, -0.1) is 0 Å². The van der Waals surface area contributed by atoms with Crippen molar-refractivity contribution in [1.82, 2.24) is 0 Å². The molecule has 2 aliphatic heterocycles.